The van der Waals surface area contributed by atoms with Crippen LogP contribution >= 0.6 is 0 Å². The lowest BCUT2D eigenvalue weighted by molar-refractivity contribution is -0.260. The van der Waals surface area contributed by atoms with Crippen LogP contribution in [0, 0.1) is 35.0 Å². The average Bonchev–Trinajstić information content (AvgIpc) is 2.83. The maximum atomic E-state index is 13.5. The molecule has 0 aromatic rings. The third kappa shape index (κ3) is 7.60. The summed E-state index contributed by atoms with van der Waals surface area (Å²) in [5.74, 6) is -3.25. The molecule has 0 aromatic heterocycles. The minimum Gasteiger partial charge on any atom is -0.459 e. The van der Waals surface area contributed by atoms with Gasteiger partial charge in [-0.25, -0.2) is 0 Å². The first-order valence-electron chi connectivity index (χ1n) is 13.8. The molecule has 9 nitrogen and oxygen atoms in total. The summed E-state index contributed by atoms with van der Waals surface area (Å²) in [4.78, 5) is 28.5. The minimum atomic E-state index is -1.33. The quantitative estimate of drug-likeness (QED) is 0.377. The number of cyclic esters (lactones) is 1. The number of ether oxygens (including phenoxy) is 3. The second kappa shape index (κ2) is 13.1. The predicted octanol–water partition coefficient (Wildman–Crippen LogP) is 3.05. The highest BCUT2D eigenvalue weighted by Gasteiger charge is 2.44. The van der Waals surface area contributed by atoms with Crippen molar-refractivity contribution in [1.29, 1.82) is 5.41 Å². The highest BCUT2D eigenvalue weighted by atomic mass is 16.7. The Bertz CT molecular complexity index is 801. The first kappa shape index (κ1) is 31.8. The van der Waals surface area contributed by atoms with Crippen molar-refractivity contribution in [3.05, 3.63) is 0 Å². The number of hydrogen-bond donors (Lipinski definition) is 3. The third-order valence-electron chi connectivity index (χ3n) is 8.44. The summed E-state index contributed by atoms with van der Waals surface area (Å²) in [6.07, 6.45) is -1.33. The van der Waals surface area contributed by atoms with Crippen LogP contribution < -0.4 is 0 Å². The van der Waals surface area contributed by atoms with E-state index in [1.54, 1.807) is 13.8 Å². The molecule has 2 heterocycles. The van der Waals surface area contributed by atoms with Crippen molar-refractivity contribution < 1.29 is 34.0 Å². The topological polar surface area (TPSA) is 129 Å². The predicted molar refractivity (Wildman–Crippen MR) is 141 cm³/mol. The van der Waals surface area contributed by atoms with Crippen molar-refractivity contribution in [3.63, 3.8) is 0 Å². The molecule has 0 aliphatic carbocycles. The zero-order valence-electron chi connectivity index (χ0n) is 24.2. The van der Waals surface area contributed by atoms with Crippen LogP contribution in [-0.2, 0) is 23.8 Å². The molecule has 2 rings (SSSR count). The van der Waals surface area contributed by atoms with Gasteiger partial charge in [0.25, 0.3) is 0 Å². The molecule has 0 bridgehead atoms. The van der Waals surface area contributed by atoms with Crippen molar-refractivity contribution in [3.8, 4) is 0 Å². The van der Waals surface area contributed by atoms with E-state index in [4.69, 9.17) is 19.6 Å². The minimum absolute atomic E-state index is 0.121. The summed E-state index contributed by atoms with van der Waals surface area (Å²) in [6.45, 7) is 13.0. The average molecular weight is 527 g/mol. The summed E-state index contributed by atoms with van der Waals surface area (Å²) in [7, 11) is 3.80. The van der Waals surface area contributed by atoms with E-state index in [1.807, 2.05) is 46.7 Å². The van der Waals surface area contributed by atoms with E-state index in [0.717, 1.165) is 0 Å². The molecular weight excluding hydrogens is 476 g/mol. The molecule has 9 heteroatoms. The lowest BCUT2D eigenvalue weighted by atomic mass is 9.77. The number of aliphatic hydroxyl groups excluding tert-OH is 1. The lowest BCUT2D eigenvalue weighted by Crippen LogP contribution is -2.54. The number of ketones is 1. The van der Waals surface area contributed by atoms with Gasteiger partial charge in [-0.05, 0) is 71.4 Å². The second-order valence-electron chi connectivity index (χ2n) is 11.9. The van der Waals surface area contributed by atoms with Crippen LogP contribution in [0.3, 0.4) is 0 Å². The Balaban J connectivity index is 2.41. The van der Waals surface area contributed by atoms with Crippen LogP contribution in [-0.4, -0.2) is 89.5 Å². The van der Waals surface area contributed by atoms with Gasteiger partial charge in [-0.1, -0.05) is 34.6 Å². The van der Waals surface area contributed by atoms with Crippen LogP contribution in [0.2, 0.25) is 0 Å². The van der Waals surface area contributed by atoms with Crippen LogP contribution in [0.4, 0.5) is 0 Å². The number of likely N-dealkylation sites (N-methyl/N-ethyl adjacent to an activating group) is 1. The van der Waals surface area contributed by atoms with E-state index in [9.17, 15) is 19.8 Å². The van der Waals surface area contributed by atoms with E-state index < -0.39 is 48.0 Å². The zero-order valence-corrected chi connectivity index (χ0v) is 24.2. The van der Waals surface area contributed by atoms with Crippen LogP contribution in [0.25, 0.3) is 0 Å². The molecule has 2 fully saturated rings. The van der Waals surface area contributed by atoms with Crippen molar-refractivity contribution >= 4 is 17.5 Å². The molecule has 11 atom stereocenters. The first-order valence-corrected chi connectivity index (χ1v) is 13.8. The van der Waals surface area contributed by atoms with Gasteiger partial charge >= 0.3 is 5.97 Å². The highest BCUT2D eigenvalue weighted by Crippen LogP contribution is 2.34. The number of hydrogen-bond acceptors (Lipinski definition) is 9. The largest absolute Gasteiger partial charge is 0.459 e. The van der Waals surface area contributed by atoms with E-state index in [2.05, 4.69) is 0 Å². The maximum absolute atomic E-state index is 13.5. The summed E-state index contributed by atoms with van der Waals surface area (Å²) < 4.78 is 17.9. The number of carbonyl (C=O) groups excluding carboxylic acids is 2. The fourth-order valence-electron chi connectivity index (χ4n) is 6.07. The molecule has 0 amide bonds. The van der Waals surface area contributed by atoms with Crippen molar-refractivity contribution in [2.45, 2.75) is 110 Å². The van der Waals surface area contributed by atoms with Gasteiger partial charge in [0.2, 0.25) is 0 Å². The molecule has 2 aliphatic rings. The van der Waals surface area contributed by atoms with Crippen LogP contribution in [0.5, 0.6) is 0 Å². The number of nitrogens with one attached hydrogen (secondary N) is 1. The Morgan fingerprint density at radius 1 is 1.14 bits per heavy atom. The molecule has 0 aromatic carbocycles. The highest BCUT2D eigenvalue weighted by molar-refractivity contribution is 6.00. The third-order valence-corrected chi connectivity index (χ3v) is 8.44. The Hall–Kier alpha value is -1.39. The van der Waals surface area contributed by atoms with Gasteiger partial charge in [-0.3, -0.25) is 9.59 Å². The van der Waals surface area contributed by atoms with Gasteiger partial charge in [0.15, 0.2) is 12.1 Å². The Labute approximate surface area is 222 Å². The summed E-state index contributed by atoms with van der Waals surface area (Å²) >= 11 is 0. The first-order chi connectivity index (χ1) is 17.1. The number of aliphatic hydroxyl groups is 2. The Morgan fingerprint density at radius 2 is 1.76 bits per heavy atom. The van der Waals surface area contributed by atoms with Gasteiger partial charge in [-0.2, -0.15) is 0 Å². The fourth-order valence-corrected chi connectivity index (χ4v) is 6.07. The Kier molecular flexibility index (Phi) is 11.3. The summed E-state index contributed by atoms with van der Waals surface area (Å²) in [6, 6.07) is -0.140. The molecular formula is C28H50N2O7. The number of carbonyl (C=O) groups is 2. The molecule has 0 radical (unpaired) electrons. The van der Waals surface area contributed by atoms with Crippen LogP contribution in [0.15, 0.2) is 0 Å². The molecule has 0 saturated carbocycles. The van der Waals surface area contributed by atoms with Crippen LogP contribution in [0.1, 0.15) is 74.1 Å². The van der Waals surface area contributed by atoms with Gasteiger partial charge in [-0.15, -0.1) is 0 Å². The normalized spacial score (nSPS) is 43.4. The molecule has 214 valence electrons. The SMILES string of the molecule is CC[C@H]1OC(=O)[C@H](C)C(=O)[C@H](C)[C@@H](O[C@@H]2OCC[C@H](N(C)C)[C@H]2O)[C@@H](C)C[C@@H](C)C(=N)[C@H](C)C[C@]1(C)O. The molecule has 0 spiro atoms. The van der Waals surface area contributed by atoms with E-state index in [1.165, 1.54) is 6.92 Å². The maximum Gasteiger partial charge on any atom is 0.316 e. The molecule has 3 N–H and O–H groups in total. The number of nitrogens with zero attached hydrogens (tertiary/aromatic N) is 1. The van der Waals surface area contributed by atoms with Crippen molar-refractivity contribution in [2.75, 3.05) is 20.7 Å². The van der Waals surface area contributed by atoms with Gasteiger partial charge in [0, 0.05) is 17.7 Å². The standard InChI is InChI=1S/C28H50N2O7/c1-10-21-28(7,34)14-17(4)22(29)15(2)13-16(3)25(18(5)23(31)19(6)26(33)36-21)37-27-24(32)20(30(8)9)11-12-35-27/h15-21,24-25,27,29,32,34H,10-14H2,1-9H3/t15-,16+,17-,18+,19-,20+,21-,24-,25+,27+,28+/m1/s1. The summed E-state index contributed by atoms with van der Waals surface area (Å²) in [5, 5.41) is 31.0. The van der Waals surface area contributed by atoms with E-state index in [-0.39, 0.29) is 36.0 Å². The summed E-state index contributed by atoms with van der Waals surface area (Å²) in [5.41, 5.74) is -0.832. The molecule has 2 saturated heterocycles. The molecule has 2 aliphatic heterocycles. The Morgan fingerprint density at radius 3 is 2.32 bits per heavy atom. The smallest absolute Gasteiger partial charge is 0.316 e. The van der Waals surface area contributed by atoms with E-state index >= 15 is 0 Å². The number of Topliss-reactive ketones (excluding diaryl/α,β-unsaturated/α-hetero) is 1. The molecule has 0 unspecified atom stereocenters. The molecule has 37 heavy (non-hydrogen) atoms. The number of esters is 1. The van der Waals surface area contributed by atoms with Crippen molar-refractivity contribution in [2.24, 2.45) is 29.6 Å². The van der Waals surface area contributed by atoms with Gasteiger partial charge in [0.05, 0.1) is 18.3 Å². The zero-order chi connectivity index (χ0) is 28.2. The van der Waals surface area contributed by atoms with Crippen molar-refractivity contribution in [1.82, 2.24) is 4.90 Å². The number of rotatable bonds is 4. The fraction of sp³-hybridized carbons (Fsp3) is 0.893. The van der Waals surface area contributed by atoms with E-state index in [0.29, 0.717) is 31.6 Å². The second-order valence-corrected chi connectivity index (χ2v) is 11.9. The van der Waals surface area contributed by atoms with Gasteiger partial charge in [0.1, 0.15) is 18.1 Å². The lowest BCUT2D eigenvalue weighted by Gasteiger charge is -2.42. The van der Waals surface area contributed by atoms with Gasteiger partial charge < -0.3 is 34.7 Å². The monoisotopic (exact) mass is 526 g/mol.